The van der Waals surface area contributed by atoms with Crippen LogP contribution in [0.1, 0.15) is 12.6 Å². The zero-order valence-corrected chi connectivity index (χ0v) is 11.5. The Labute approximate surface area is 113 Å². The van der Waals surface area contributed by atoms with Gasteiger partial charge in [0.05, 0.1) is 12.2 Å². The third kappa shape index (κ3) is 4.20. The molecule has 0 unspecified atom stereocenters. The number of hydrogen-bond acceptors (Lipinski definition) is 3. The molecular weight excluding hydrogens is 242 g/mol. The fraction of sp³-hybridized carbons (Fsp3) is 0.357. The average molecular weight is 261 g/mol. The summed E-state index contributed by atoms with van der Waals surface area (Å²) in [5.41, 5.74) is 1.11. The number of benzene rings is 1. The molecule has 1 aromatic carbocycles. The molecule has 0 spiro atoms. The Hall–Kier alpha value is -1.26. The summed E-state index contributed by atoms with van der Waals surface area (Å²) in [6.07, 6.45) is 2.05. The van der Waals surface area contributed by atoms with E-state index in [1.165, 1.54) is 4.90 Å². The van der Waals surface area contributed by atoms with Gasteiger partial charge >= 0.3 is 0 Å². The van der Waals surface area contributed by atoms with E-state index in [0.717, 1.165) is 31.1 Å². The standard InChI is InChI=1S/C14H19N3S/c1-2-15-12-13-8-9-17(16-13)10-11-18-14-6-4-3-5-7-14/h3-9,15H,2,10-12H2,1H3. The lowest BCUT2D eigenvalue weighted by Crippen LogP contribution is -2.12. The molecule has 96 valence electrons. The zero-order chi connectivity index (χ0) is 12.6. The Kier molecular flexibility index (Phi) is 5.30. The first-order chi connectivity index (χ1) is 8.88. The Morgan fingerprint density at radius 3 is 2.83 bits per heavy atom. The van der Waals surface area contributed by atoms with E-state index in [2.05, 4.69) is 53.9 Å². The van der Waals surface area contributed by atoms with Crippen LogP contribution in [0.5, 0.6) is 0 Å². The lowest BCUT2D eigenvalue weighted by molar-refractivity contribution is 0.632. The van der Waals surface area contributed by atoms with Gasteiger partial charge in [-0.15, -0.1) is 11.8 Å². The number of aromatic nitrogens is 2. The molecule has 1 heterocycles. The quantitative estimate of drug-likeness (QED) is 0.777. The minimum absolute atomic E-state index is 0.856. The van der Waals surface area contributed by atoms with Crippen molar-refractivity contribution in [2.45, 2.75) is 24.9 Å². The highest BCUT2D eigenvalue weighted by atomic mass is 32.2. The first kappa shape index (κ1) is 13.2. The van der Waals surface area contributed by atoms with Gasteiger partial charge in [0.15, 0.2) is 0 Å². The summed E-state index contributed by atoms with van der Waals surface area (Å²) < 4.78 is 2.02. The molecule has 0 radical (unpaired) electrons. The highest BCUT2D eigenvalue weighted by Crippen LogP contribution is 2.16. The van der Waals surface area contributed by atoms with Gasteiger partial charge in [0.1, 0.15) is 0 Å². The summed E-state index contributed by atoms with van der Waals surface area (Å²) in [4.78, 5) is 1.32. The maximum absolute atomic E-state index is 4.52. The fourth-order valence-corrected chi connectivity index (χ4v) is 2.51. The molecule has 18 heavy (non-hydrogen) atoms. The summed E-state index contributed by atoms with van der Waals surface area (Å²) in [6, 6.07) is 12.6. The molecule has 0 bridgehead atoms. The van der Waals surface area contributed by atoms with E-state index in [1.54, 1.807) is 0 Å². The molecule has 0 saturated carbocycles. The first-order valence-electron chi connectivity index (χ1n) is 6.29. The first-order valence-corrected chi connectivity index (χ1v) is 7.28. The molecule has 0 aliphatic rings. The molecule has 0 aliphatic carbocycles. The number of aryl methyl sites for hydroxylation is 1. The lowest BCUT2D eigenvalue weighted by atomic mass is 10.4. The van der Waals surface area contributed by atoms with Crippen molar-refractivity contribution in [1.82, 2.24) is 15.1 Å². The predicted molar refractivity (Wildman–Crippen MR) is 76.8 cm³/mol. The van der Waals surface area contributed by atoms with Gasteiger partial charge in [0.2, 0.25) is 0 Å². The van der Waals surface area contributed by atoms with E-state index in [0.29, 0.717) is 0 Å². The second kappa shape index (κ2) is 7.24. The van der Waals surface area contributed by atoms with E-state index in [-0.39, 0.29) is 0 Å². The van der Waals surface area contributed by atoms with Crippen LogP contribution in [0, 0.1) is 0 Å². The molecule has 4 heteroatoms. The van der Waals surface area contributed by atoms with Crippen LogP contribution in [0.2, 0.25) is 0 Å². The van der Waals surface area contributed by atoms with Crippen molar-refractivity contribution >= 4 is 11.8 Å². The molecule has 0 saturated heterocycles. The normalized spacial score (nSPS) is 10.7. The fourth-order valence-electron chi connectivity index (χ4n) is 1.65. The van der Waals surface area contributed by atoms with Gasteiger partial charge in [-0.2, -0.15) is 5.10 Å². The van der Waals surface area contributed by atoms with Crippen LogP contribution in [-0.4, -0.2) is 22.1 Å². The minimum Gasteiger partial charge on any atom is -0.311 e. The van der Waals surface area contributed by atoms with Crippen LogP contribution in [-0.2, 0) is 13.1 Å². The van der Waals surface area contributed by atoms with E-state index in [9.17, 15) is 0 Å². The summed E-state index contributed by atoms with van der Waals surface area (Å²) in [5, 5.41) is 7.80. The molecule has 0 fully saturated rings. The lowest BCUT2D eigenvalue weighted by Gasteiger charge is -2.02. The predicted octanol–water partition coefficient (Wildman–Crippen LogP) is 2.78. The highest BCUT2D eigenvalue weighted by molar-refractivity contribution is 7.99. The molecule has 0 amide bonds. The van der Waals surface area contributed by atoms with Gasteiger partial charge in [0.25, 0.3) is 0 Å². The molecule has 2 aromatic rings. The van der Waals surface area contributed by atoms with E-state index >= 15 is 0 Å². The zero-order valence-electron chi connectivity index (χ0n) is 10.7. The van der Waals surface area contributed by atoms with Crippen molar-refractivity contribution in [1.29, 1.82) is 0 Å². The SMILES string of the molecule is CCNCc1ccn(CCSc2ccccc2)n1. The Balaban J connectivity index is 1.75. The summed E-state index contributed by atoms with van der Waals surface area (Å²) in [6.45, 7) is 4.89. The summed E-state index contributed by atoms with van der Waals surface area (Å²) in [5.74, 6) is 1.05. The highest BCUT2D eigenvalue weighted by Gasteiger charge is 1.98. The minimum atomic E-state index is 0.856. The van der Waals surface area contributed by atoms with Gasteiger partial charge in [-0.1, -0.05) is 25.1 Å². The molecule has 0 atom stereocenters. The summed E-state index contributed by atoms with van der Waals surface area (Å²) in [7, 11) is 0. The van der Waals surface area contributed by atoms with Crippen LogP contribution in [0.3, 0.4) is 0 Å². The number of thioether (sulfide) groups is 1. The van der Waals surface area contributed by atoms with Crippen LogP contribution in [0.4, 0.5) is 0 Å². The van der Waals surface area contributed by atoms with Gasteiger partial charge in [-0.25, -0.2) is 0 Å². The molecule has 1 aromatic heterocycles. The monoisotopic (exact) mass is 261 g/mol. The number of hydrogen-bond donors (Lipinski definition) is 1. The molecule has 3 nitrogen and oxygen atoms in total. The van der Waals surface area contributed by atoms with Crippen LogP contribution in [0.25, 0.3) is 0 Å². The number of nitrogens with zero attached hydrogens (tertiary/aromatic N) is 2. The number of rotatable bonds is 7. The van der Waals surface area contributed by atoms with E-state index in [4.69, 9.17) is 0 Å². The largest absolute Gasteiger partial charge is 0.311 e. The van der Waals surface area contributed by atoms with Crippen molar-refractivity contribution in [3.63, 3.8) is 0 Å². The van der Waals surface area contributed by atoms with Gasteiger partial charge in [-0.3, -0.25) is 4.68 Å². The third-order valence-electron chi connectivity index (χ3n) is 2.58. The third-order valence-corrected chi connectivity index (χ3v) is 3.58. The molecular formula is C14H19N3S. The summed E-state index contributed by atoms with van der Waals surface area (Å²) >= 11 is 1.87. The smallest absolute Gasteiger partial charge is 0.0762 e. The van der Waals surface area contributed by atoms with Crippen molar-refractivity contribution in [3.05, 3.63) is 48.3 Å². The second-order valence-electron chi connectivity index (χ2n) is 4.01. The van der Waals surface area contributed by atoms with E-state index < -0.39 is 0 Å². The second-order valence-corrected chi connectivity index (χ2v) is 5.18. The van der Waals surface area contributed by atoms with Gasteiger partial charge in [-0.05, 0) is 24.7 Å². The van der Waals surface area contributed by atoms with Crippen LogP contribution < -0.4 is 5.32 Å². The van der Waals surface area contributed by atoms with Crippen molar-refractivity contribution in [2.24, 2.45) is 0 Å². The van der Waals surface area contributed by atoms with Gasteiger partial charge < -0.3 is 5.32 Å². The van der Waals surface area contributed by atoms with Crippen molar-refractivity contribution in [2.75, 3.05) is 12.3 Å². The Morgan fingerprint density at radius 1 is 1.22 bits per heavy atom. The van der Waals surface area contributed by atoms with E-state index in [1.807, 2.05) is 22.5 Å². The Morgan fingerprint density at radius 2 is 2.06 bits per heavy atom. The molecule has 2 rings (SSSR count). The average Bonchev–Trinajstić information content (AvgIpc) is 2.85. The molecule has 1 N–H and O–H groups in total. The maximum Gasteiger partial charge on any atom is 0.0762 e. The number of nitrogens with one attached hydrogen (secondary N) is 1. The Bertz CT molecular complexity index is 453. The van der Waals surface area contributed by atoms with Crippen molar-refractivity contribution in [3.8, 4) is 0 Å². The topological polar surface area (TPSA) is 29.9 Å². The maximum atomic E-state index is 4.52. The van der Waals surface area contributed by atoms with Crippen LogP contribution in [0.15, 0.2) is 47.5 Å². The van der Waals surface area contributed by atoms with Crippen LogP contribution >= 0.6 is 11.8 Å². The molecule has 0 aliphatic heterocycles. The van der Waals surface area contributed by atoms with Crippen molar-refractivity contribution < 1.29 is 0 Å². The van der Waals surface area contributed by atoms with Gasteiger partial charge in [0, 0.05) is 23.4 Å².